The molecule has 0 saturated heterocycles. The maximum atomic E-state index is 14.4. The second-order valence-electron chi connectivity index (χ2n) is 7.25. The monoisotopic (exact) mass is 420 g/mol. The summed E-state index contributed by atoms with van der Waals surface area (Å²) in [6.45, 7) is 2.14. The summed E-state index contributed by atoms with van der Waals surface area (Å²) in [7, 11) is 0. The maximum Gasteiger partial charge on any atom is 0.194 e. The number of ether oxygens (including phenoxy) is 1. The number of allylic oxidation sites excluding steroid dienone is 1. The smallest absolute Gasteiger partial charge is 0.194 e. The van der Waals surface area contributed by atoms with Gasteiger partial charge in [0.25, 0.3) is 0 Å². The minimum absolute atomic E-state index is 0.0720. The molecule has 1 unspecified atom stereocenters. The molecule has 2 aromatic carbocycles. The second kappa shape index (κ2) is 9.80. The molecule has 3 rings (SSSR count). The summed E-state index contributed by atoms with van der Waals surface area (Å²) in [5.41, 5.74) is -0.274. The van der Waals surface area contributed by atoms with Crippen LogP contribution in [0.3, 0.4) is 0 Å². The molecule has 1 heterocycles. The molecule has 158 valence electrons. The molecule has 30 heavy (non-hydrogen) atoms. The topological polar surface area (TPSA) is 9.23 Å². The van der Waals surface area contributed by atoms with Gasteiger partial charge >= 0.3 is 0 Å². The van der Waals surface area contributed by atoms with Crippen molar-refractivity contribution >= 4 is 0 Å². The molecule has 0 radical (unpaired) electrons. The zero-order chi connectivity index (χ0) is 21.7. The zero-order valence-corrected chi connectivity index (χ0v) is 16.5. The van der Waals surface area contributed by atoms with Crippen molar-refractivity contribution in [3.63, 3.8) is 0 Å². The molecule has 0 N–H and O–H groups in total. The summed E-state index contributed by atoms with van der Waals surface area (Å²) in [4.78, 5) is 0. The van der Waals surface area contributed by atoms with Gasteiger partial charge in [-0.3, -0.25) is 0 Å². The van der Waals surface area contributed by atoms with Crippen molar-refractivity contribution in [3.05, 3.63) is 70.8 Å². The maximum absolute atomic E-state index is 14.4. The van der Waals surface area contributed by atoms with Crippen LogP contribution in [0.2, 0.25) is 0 Å². The van der Waals surface area contributed by atoms with Crippen LogP contribution in [0.25, 0.3) is 11.1 Å². The molecular formula is C24H21F5O. The van der Waals surface area contributed by atoms with Gasteiger partial charge in [-0.15, -0.1) is 0 Å². The molecular weight excluding hydrogens is 399 g/mol. The minimum atomic E-state index is -1.70. The van der Waals surface area contributed by atoms with Crippen molar-refractivity contribution in [2.24, 2.45) is 0 Å². The van der Waals surface area contributed by atoms with E-state index in [9.17, 15) is 22.0 Å². The van der Waals surface area contributed by atoms with Crippen molar-refractivity contribution < 1.29 is 26.7 Å². The van der Waals surface area contributed by atoms with Gasteiger partial charge in [-0.2, -0.15) is 0 Å². The minimum Gasteiger partial charge on any atom is -0.497 e. The Morgan fingerprint density at radius 3 is 2.13 bits per heavy atom. The summed E-state index contributed by atoms with van der Waals surface area (Å²) in [5.74, 6) is -1.30. The Morgan fingerprint density at radius 1 is 0.900 bits per heavy atom. The number of unbranched alkanes of at least 4 members (excludes halogenated alkanes) is 2. The highest BCUT2D eigenvalue weighted by atomic mass is 19.2. The molecule has 2 aromatic rings. The quantitative estimate of drug-likeness (QED) is 0.218. The van der Waals surface area contributed by atoms with Crippen LogP contribution in [0.4, 0.5) is 22.0 Å². The Hall–Kier alpha value is -2.81. The first-order valence-corrected chi connectivity index (χ1v) is 9.89. The van der Waals surface area contributed by atoms with Crippen molar-refractivity contribution in [2.75, 3.05) is 0 Å². The van der Waals surface area contributed by atoms with Crippen LogP contribution in [-0.2, 0) is 4.74 Å². The van der Waals surface area contributed by atoms with Gasteiger partial charge in [0.15, 0.2) is 17.5 Å². The number of rotatable bonds is 5. The molecule has 0 saturated carbocycles. The largest absolute Gasteiger partial charge is 0.497 e. The first-order chi connectivity index (χ1) is 14.4. The fourth-order valence-corrected chi connectivity index (χ4v) is 3.32. The summed E-state index contributed by atoms with van der Waals surface area (Å²) in [5, 5.41) is 0. The van der Waals surface area contributed by atoms with Crippen molar-refractivity contribution in [2.45, 2.75) is 51.6 Å². The van der Waals surface area contributed by atoms with Crippen molar-refractivity contribution in [3.8, 4) is 23.0 Å². The van der Waals surface area contributed by atoms with E-state index in [-0.39, 0.29) is 11.7 Å². The summed E-state index contributed by atoms with van der Waals surface area (Å²) >= 11 is 0. The molecule has 1 atom stereocenters. The first-order valence-electron chi connectivity index (χ1n) is 9.89. The second-order valence-corrected chi connectivity index (χ2v) is 7.25. The molecule has 6 heteroatoms. The lowest BCUT2D eigenvalue weighted by Crippen LogP contribution is -2.14. The molecule has 0 bridgehead atoms. The lowest BCUT2D eigenvalue weighted by atomic mass is 10.00. The van der Waals surface area contributed by atoms with Crippen LogP contribution >= 0.6 is 0 Å². The molecule has 0 spiro atoms. The third-order valence-electron chi connectivity index (χ3n) is 4.95. The first kappa shape index (κ1) is 21.9. The third kappa shape index (κ3) is 5.21. The molecule has 0 fully saturated rings. The van der Waals surface area contributed by atoms with Crippen molar-refractivity contribution in [1.29, 1.82) is 0 Å². The van der Waals surface area contributed by atoms with E-state index in [0.717, 1.165) is 49.8 Å². The normalized spacial score (nSPS) is 15.8. The predicted octanol–water partition coefficient (Wildman–Crippen LogP) is 7.04. The predicted molar refractivity (Wildman–Crippen MR) is 105 cm³/mol. The molecule has 1 aliphatic rings. The van der Waals surface area contributed by atoms with Crippen LogP contribution in [0.5, 0.6) is 0 Å². The fourth-order valence-electron chi connectivity index (χ4n) is 3.32. The van der Waals surface area contributed by atoms with E-state index >= 15 is 0 Å². The fraction of sp³-hybridized carbons (Fsp3) is 0.333. The summed E-state index contributed by atoms with van der Waals surface area (Å²) in [6.07, 6.45) is 7.76. The molecule has 0 aliphatic carbocycles. The van der Waals surface area contributed by atoms with Crippen LogP contribution in [0, 0.1) is 40.9 Å². The lowest BCUT2D eigenvalue weighted by Gasteiger charge is -2.21. The molecule has 0 aromatic heterocycles. The number of halogens is 5. The van der Waals surface area contributed by atoms with E-state index in [1.165, 1.54) is 6.42 Å². The summed E-state index contributed by atoms with van der Waals surface area (Å²) < 4.78 is 74.5. The van der Waals surface area contributed by atoms with E-state index in [4.69, 9.17) is 4.74 Å². The van der Waals surface area contributed by atoms with Gasteiger partial charge in [-0.05, 0) is 55.5 Å². The van der Waals surface area contributed by atoms with E-state index < -0.39 is 40.2 Å². The highest BCUT2D eigenvalue weighted by molar-refractivity contribution is 5.66. The highest BCUT2D eigenvalue weighted by Crippen LogP contribution is 2.29. The Labute approximate surface area is 172 Å². The van der Waals surface area contributed by atoms with Gasteiger partial charge in [0.2, 0.25) is 0 Å². The average Bonchev–Trinajstić information content (AvgIpc) is 2.71. The lowest BCUT2D eigenvalue weighted by molar-refractivity contribution is 0.110. The van der Waals surface area contributed by atoms with Crippen LogP contribution in [0.1, 0.15) is 51.0 Å². The zero-order valence-electron chi connectivity index (χ0n) is 16.5. The van der Waals surface area contributed by atoms with Gasteiger partial charge in [0, 0.05) is 11.1 Å². The van der Waals surface area contributed by atoms with Crippen LogP contribution < -0.4 is 0 Å². The van der Waals surface area contributed by atoms with Crippen LogP contribution in [0.15, 0.2) is 36.1 Å². The third-order valence-corrected chi connectivity index (χ3v) is 4.95. The molecule has 1 aliphatic heterocycles. The Morgan fingerprint density at radius 2 is 1.57 bits per heavy atom. The Kier molecular flexibility index (Phi) is 7.15. The highest BCUT2D eigenvalue weighted by Gasteiger charge is 2.18. The number of hydrogen-bond donors (Lipinski definition) is 0. The van der Waals surface area contributed by atoms with E-state index in [0.29, 0.717) is 12.1 Å². The SMILES string of the molecule is CCCCCC1CCC(C#Cc2cc(F)c(-c3cc(F)c(F)c(F)c3)c(F)c2)=CO1. The Balaban J connectivity index is 1.76. The van der Waals surface area contributed by atoms with E-state index in [1.54, 1.807) is 6.26 Å². The van der Waals surface area contributed by atoms with Crippen molar-refractivity contribution in [1.82, 2.24) is 0 Å². The van der Waals surface area contributed by atoms with Gasteiger partial charge in [0.05, 0.1) is 17.9 Å². The molecule has 0 amide bonds. The van der Waals surface area contributed by atoms with Gasteiger partial charge in [-0.1, -0.05) is 31.6 Å². The van der Waals surface area contributed by atoms with Gasteiger partial charge in [0.1, 0.15) is 11.6 Å². The van der Waals surface area contributed by atoms with E-state index in [1.807, 2.05) is 0 Å². The van der Waals surface area contributed by atoms with Crippen LogP contribution in [-0.4, -0.2) is 6.10 Å². The molecule has 1 nitrogen and oxygen atoms in total. The summed E-state index contributed by atoms with van der Waals surface area (Å²) in [6, 6.07) is 3.05. The van der Waals surface area contributed by atoms with Gasteiger partial charge in [-0.25, -0.2) is 22.0 Å². The number of benzene rings is 2. The standard InChI is InChI=1S/C24H21F5O/c1-2-3-4-5-18-9-8-15(14-30-18)6-7-16-10-19(25)23(20(26)11-16)17-12-21(27)24(29)22(28)13-17/h10-14,18H,2-5,8-9H2,1H3. The Bertz CT molecular complexity index is 970. The van der Waals surface area contributed by atoms with Gasteiger partial charge < -0.3 is 4.74 Å². The average molecular weight is 420 g/mol. The number of hydrogen-bond acceptors (Lipinski definition) is 1. The van der Waals surface area contributed by atoms with E-state index in [2.05, 4.69) is 18.8 Å².